The molecule has 0 saturated heterocycles. The Kier molecular flexibility index (Phi) is 11.4. The molecule has 3 rings (SSSR count). The van der Waals surface area contributed by atoms with E-state index in [0.717, 1.165) is 68.5 Å². The van der Waals surface area contributed by atoms with Crippen LogP contribution in [-0.2, 0) is 19.3 Å². The van der Waals surface area contributed by atoms with Gasteiger partial charge in [-0.25, -0.2) is 9.97 Å². The fourth-order valence-corrected chi connectivity index (χ4v) is 5.01. The van der Waals surface area contributed by atoms with Gasteiger partial charge in [-0.05, 0) is 55.0 Å². The second-order valence-corrected chi connectivity index (χ2v) is 10.3. The van der Waals surface area contributed by atoms with Gasteiger partial charge in [0.25, 0.3) is 5.91 Å². The minimum absolute atomic E-state index is 0.00108. The maximum atomic E-state index is 12.8. The summed E-state index contributed by atoms with van der Waals surface area (Å²) >= 11 is 5.96. The number of methoxy groups -OCH3 is 1. The van der Waals surface area contributed by atoms with Crippen molar-refractivity contribution in [2.45, 2.75) is 46.0 Å². The van der Waals surface area contributed by atoms with Gasteiger partial charge in [0, 0.05) is 12.8 Å². The Hall–Kier alpha value is -3.36. The van der Waals surface area contributed by atoms with E-state index in [1.54, 1.807) is 7.11 Å². The molecule has 8 nitrogen and oxygen atoms in total. The van der Waals surface area contributed by atoms with Crippen molar-refractivity contribution >= 4 is 29.1 Å². The van der Waals surface area contributed by atoms with E-state index in [2.05, 4.69) is 65.5 Å². The van der Waals surface area contributed by atoms with Crippen molar-refractivity contribution in [2.75, 3.05) is 51.3 Å². The fourth-order valence-electron chi connectivity index (χ4n) is 4.88. The number of hydrogen-bond donors (Lipinski definition) is 3. The van der Waals surface area contributed by atoms with E-state index in [1.165, 1.54) is 16.7 Å². The first kappa shape index (κ1) is 30.2. The van der Waals surface area contributed by atoms with Gasteiger partial charge in [0.15, 0.2) is 22.5 Å². The second kappa shape index (κ2) is 14.7. The Morgan fingerprint density at radius 1 is 0.872 bits per heavy atom. The number of nitrogens with one attached hydrogen (secondary N) is 1. The third kappa shape index (κ3) is 8.83. The maximum Gasteiger partial charge on any atom is 0.273 e. The first-order valence-electron chi connectivity index (χ1n) is 13.7. The monoisotopic (exact) mass is 553 g/mol. The SMILES string of the molecule is CCc1ccc(CCC[N+](CC)(CCCc2ccc(OC)cc2)CCNC(=O)c2nc(Cl)c(N)nc2N)cc1. The molecule has 0 saturated carbocycles. The highest BCUT2D eigenvalue weighted by molar-refractivity contribution is 6.31. The van der Waals surface area contributed by atoms with E-state index >= 15 is 0 Å². The van der Waals surface area contributed by atoms with Gasteiger partial charge in [0.1, 0.15) is 5.75 Å². The normalized spacial score (nSPS) is 12.6. The zero-order valence-electron chi connectivity index (χ0n) is 23.4. The number of ether oxygens (including phenoxy) is 1. The summed E-state index contributed by atoms with van der Waals surface area (Å²) in [7, 11) is 1.68. The summed E-state index contributed by atoms with van der Waals surface area (Å²) in [4.78, 5) is 20.7. The molecule has 0 aliphatic heterocycles. The van der Waals surface area contributed by atoms with Crippen LogP contribution in [0.1, 0.15) is 53.9 Å². The summed E-state index contributed by atoms with van der Waals surface area (Å²) < 4.78 is 6.20. The van der Waals surface area contributed by atoms with Crippen LogP contribution in [0, 0.1) is 0 Å². The Morgan fingerprint density at radius 2 is 1.44 bits per heavy atom. The Morgan fingerprint density at radius 3 is 1.97 bits per heavy atom. The number of carbonyl (C=O) groups is 1. The summed E-state index contributed by atoms with van der Waals surface area (Å²) in [5.41, 5.74) is 15.5. The van der Waals surface area contributed by atoms with Crippen molar-refractivity contribution in [3.05, 3.63) is 76.1 Å². The van der Waals surface area contributed by atoms with Crippen LogP contribution in [0.3, 0.4) is 0 Å². The molecule has 0 bridgehead atoms. The summed E-state index contributed by atoms with van der Waals surface area (Å²) in [6.45, 7) is 8.72. The van der Waals surface area contributed by atoms with Crippen LogP contribution in [-0.4, -0.2) is 60.2 Å². The lowest BCUT2D eigenvalue weighted by molar-refractivity contribution is -0.925. The molecule has 1 unspecified atom stereocenters. The van der Waals surface area contributed by atoms with E-state index in [4.69, 9.17) is 27.8 Å². The number of benzene rings is 2. The number of anilines is 2. The van der Waals surface area contributed by atoms with Crippen molar-refractivity contribution in [1.29, 1.82) is 0 Å². The first-order chi connectivity index (χ1) is 18.8. The zero-order valence-corrected chi connectivity index (χ0v) is 24.1. The Bertz CT molecular complexity index is 1150. The van der Waals surface area contributed by atoms with Gasteiger partial charge in [-0.2, -0.15) is 0 Å². The first-order valence-corrected chi connectivity index (χ1v) is 14.1. The van der Waals surface area contributed by atoms with Crippen molar-refractivity contribution < 1.29 is 14.0 Å². The smallest absolute Gasteiger partial charge is 0.273 e. The number of nitrogen functional groups attached to an aromatic ring is 2. The Labute approximate surface area is 237 Å². The molecule has 1 amide bonds. The molecule has 1 aromatic heterocycles. The topological polar surface area (TPSA) is 116 Å². The average molecular weight is 554 g/mol. The number of rotatable bonds is 15. The third-order valence-electron chi connectivity index (χ3n) is 7.45. The lowest BCUT2D eigenvalue weighted by Gasteiger charge is -2.38. The summed E-state index contributed by atoms with van der Waals surface area (Å²) in [5, 5.41) is 2.94. The van der Waals surface area contributed by atoms with Gasteiger partial charge in [0.2, 0.25) is 0 Å². The lowest BCUT2D eigenvalue weighted by Crippen LogP contribution is -2.53. The van der Waals surface area contributed by atoms with Crippen LogP contribution in [0.5, 0.6) is 5.75 Å². The Balaban J connectivity index is 1.64. The van der Waals surface area contributed by atoms with Gasteiger partial charge >= 0.3 is 0 Å². The number of nitrogens with zero attached hydrogens (tertiary/aromatic N) is 3. The van der Waals surface area contributed by atoms with Crippen molar-refractivity contribution in [3.63, 3.8) is 0 Å². The number of aromatic nitrogens is 2. The van der Waals surface area contributed by atoms with Crippen molar-refractivity contribution in [3.8, 4) is 5.75 Å². The van der Waals surface area contributed by atoms with Crippen LogP contribution < -0.4 is 21.5 Å². The van der Waals surface area contributed by atoms with Gasteiger partial charge < -0.3 is 26.0 Å². The van der Waals surface area contributed by atoms with Crippen LogP contribution in [0.15, 0.2) is 48.5 Å². The molecule has 1 atom stereocenters. The number of carbonyl (C=O) groups excluding carboxylic acids is 1. The largest absolute Gasteiger partial charge is 0.497 e. The zero-order chi connectivity index (χ0) is 28.3. The van der Waals surface area contributed by atoms with Crippen LogP contribution in [0.4, 0.5) is 11.6 Å². The highest BCUT2D eigenvalue weighted by Gasteiger charge is 2.25. The van der Waals surface area contributed by atoms with E-state index in [1.807, 2.05) is 12.1 Å². The molecule has 0 aliphatic carbocycles. The number of aryl methyl sites for hydroxylation is 3. The number of halogens is 1. The number of amides is 1. The highest BCUT2D eigenvalue weighted by Crippen LogP contribution is 2.19. The standard InChI is InChI=1S/C30H41ClN6O2/c1-4-22-10-12-23(13-11-22)8-6-19-37(5-2,20-7-9-24-14-16-25(39-3)17-15-24)21-18-34-30(38)26-28(32)36-29(33)27(31)35-26/h10-17H,4-9,18-21H2,1-3H3,(H4-,32,33,34,36,38)/p+1. The number of likely N-dealkylation sites (N-methyl/N-ethyl adjacent to an activating group) is 1. The van der Waals surface area contributed by atoms with E-state index < -0.39 is 5.91 Å². The summed E-state index contributed by atoms with van der Waals surface area (Å²) in [5.74, 6) is 0.450. The molecule has 210 valence electrons. The number of hydrogen-bond acceptors (Lipinski definition) is 6. The fraction of sp³-hybridized carbons (Fsp3) is 0.433. The molecule has 1 heterocycles. The molecule has 0 fully saturated rings. The van der Waals surface area contributed by atoms with Gasteiger partial charge in [0.05, 0.1) is 39.8 Å². The van der Waals surface area contributed by atoms with E-state index in [-0.39, 0.29) is 22.5 Å². The molecule has 5 N–H and O–H groups in total. The number of quaternary nitrogens is 1. The van der Waals surface area contributed by atoms with E-state index in [9.17, 15) is 4.79 Å². The predicted molar refractivity (Wildman–Crippen MR) is 159 cm³/mol. The van der Waals surface area contributed by atoms with Crippen LogP contribution >= 0.6 is 11.6 Å². The minimum atomic E-state index is -0.398. The molecule has 39 heavy (non-hydrogen) atoms. The molecule has 0 aliphatic rings. The molecular weight excluding hydrogens is 512 g/mol. The maximum absolute atomic E-state index is 12.8. The van der Waals surface area contributed by atoms with Gasteiger partial charge in [-0.15, -0.1) is 0 Å². The molecule has 0 radical (unpaired) electrons. The molecule has 2 aromatic carbocycles. The van der Waals surface area contributed by atoms with Crippen molar-refractivity contribution in [1.82, 2.24) is 15.3 Å². The highest BCUT2D eigenvalue weighted by atomic mass is 35.5. The summed E-state index contributed by atoms with van der Waals surface area (Å²) in [6, 6.07) is 17.2. The second-order valence-electron chi connectivity index (χ2n) is 9.94. The van der Waals surface area contributed by atoms with Crippen LogP contribution in [0.25, 0.3) is 0 Å². The quantitative estimate of drug-likeness (QED) is 0.235. The van der Waals surface area contributed by atoms with Crippen LogP contribution in [0.2, 0.25) is 5.15 Å². The average Bonchev–Trinajstić information content (AvgIpc) is 2.95. The molecular formula is C30H42ClN6O2+. The predicted octanol–water partition coefficient (Wildman–Crippen LogP) is 4.70. The third-order valence-corrected chi connectivity index (χ3v) is 7.73. The molecule has 0 spiro atoms. The summed E-state index contributed by atoms with van der Waals surface area (Å²) in [6.07, 6.45) is 5.19. The van der Waals surface area contributed by atoms with Gasteiger partial charge in [-0.3, -0.25) is 4.79 Å². The molecule has 9 heteroatoms. The number of nitrogens with two attached hydrogens (primary N) is 2. The van der Waals surface area contributed by atoms with E-state index in [0.29, 0.717) is 6.54 Å². The van der Waals surface area contributed by atoms with Gasteiger partial charge in [-0.1, -0.05) is 54.9 Å². The van der Waals surface area contributed by atoms with Crippen molar-refractivity contribution in [2.24, 2.45) is 0 Å². The molecule has 3 aromatic rings. The lowest BCUT2D eigenvalue weighted by atomic mass is 10.0. The minimum Gasteiger partial charge on any atom is -0.497 e.